The van der Waals surface area contributed by atoms with Crippen LogP contribution in [0.2, 0.25) is 0 Å². The maximum absolute atomic E-state index is 14.0. The van der Waals surface area contributed by atoms with Gasteiger partial charge in [0, 0.05) is 18.2 Å². The minimum Gasteiger partial charge on any atom is -0.486 e. The number of benzene rings is 2. The highest BCUT2D eigenvalue weighted by Gasteiger charge is 2.66. The highest BCUT2D eigenvalue weighted by molar-refractivity contribution is 7.89. The van der Waals surface area contributed by atoms with E-state index < -0.39 is 49.9 Å². The van der Waals surface area contributed by atoms with Crippen LogP contribution in [0, 0.1) is 19.0 Å². The lowest BCUT2D eigenvalue weighted by molar-refractivity contribution is -0.137. The van der Waals surface area contributed by atoms with Crippen LogP contribution in [-0.4, -0.2) is 43.6 Å². The first-order valence-electron chi connectivity index (χ1n) is 9.53. The lowest BCUT2D eigenvalue weighted by atomic mass is 10.0. The van der Waals surface area contributed by atoms with Crippen LogP contribution in [0.3, 0.4) is 0 Å². The van der Waals surface area contributed by atoms with Crippen LogP contribution in [0.15, 0.2) is 41.3 Å². The summed E-state index contributed by atoms with van der Waals surface area (Å²) in [7, 11) is -4.36. The largest absolute Gasteiger partial charge is 0.486 e. The molecule has 0 aliphatic carbocycles. The second-order valence-electron chi connectivity index (χ2n) is 7.64. The maximum atomic E-state index is 14.0. The summed E-state index contributed by atoms with van der Waals surface area (Å²) in [5.74, 6) is -0.724. The molecule has 0 saturated carbocycles. The van der Waals surface area contributed by atoms with Crippen LogP contribution in [0.5, 0.6) is 5.75 Å². The van der Waals surface area contributed by atoms with Crippen LogP contribution in [-0.2, 0) is 20.9 Å². The summed E-state index contributed by atoms with van der Waals surface area (Å²) in [5.41, 5.74) is -3.00. The third-order valence-corrected chi connectivity index (χ3v) is 7.57. The fourth-order valence-electron chi connectivity index (χ4n) is 3.85. The second kappa shape index (κ2) is 7.70. The van der Waals surface area contributed by atoms with Gasteiger partial charge in [-0.3, -0.25) is 0 Å². The van der Waals surface area contributed by atoms with Crippen molar-refractivity contribution in [3.05, 3.63) is 70.6 Å². The summed E-state index contributed by atoms with van der Waals surface area (Å²) >= 11 is 0. The highest BCUT2D eigenvalue weighted by atomic mass is 32.2. The zero-order valence-electron chi connectivity index (χ0n) is 16.9. The van der Waals surface area contributed by atoms with Crippen LogP contribution in [0.4, 0.5) is 28.9 Å². The number of sulfonamides is 1. The molecule has 2 aromatic rings. The minimum absolute atomic E-state index is 0.0719. The lowest BCUT2D eigenvalue weighted by Crippen LogP contribution is -2.35. The average molecular weight is 481 g/mol. The average Bonchev–Trinajstić information content (AvgIpc) is 3.25. The van der Waals surface area contributed by atoms with E-state index in [1.54, 1.807) is 6.92 Å². The molecule has 3 atom stereocenters. The molecule has 0 N–H and O–H groups in total. The van der Waals surface area contributed by atoms with Crippen LogP contribution < -0.4 is 4.74 Å². The van der Waals surface area contributed by atoms with Crippen molar-refractivity contribution in [3.63, 3.8) is 0 Å². The SMILES string of the molecule is [C-]#[N+]c1ccc(O[C@H]2CN(S(=O)(=O)c3ccc(C(F)(F)F)cc3[N+]#[C-])C[C@]23O[C@H]3C)cc1F. The molecule has 2 aromatic carbocycles. The summed E-state index contributed by atoms with van der Waals surface area (Å²) in [5, 5.41) is 0. The van der Waals surface area contributed by atoms with Crippen molar-refractivity contribution in [2.24, 2.45) is 0 Å². The molecular weight excluding hydrogens is 466 g/mol. The number of hydrogen-bond acceptors (Lipinski definition) is 4. The van der Waals surface area contributed by atoms with Crippen molar-refractivity contribution in [2.75, 3.05) is 13.1 Å². The predicted molar refractivity (Wildman–Crippen MR) is 107 cm³/mol. The Balaban J connectivity index is 1.64. The van der Waals surface area contributed by atoms with Crippen molar-refractivity contribution in [1.82, 2.24) is 4.31 Å². The summed E-state index contributed by atoms with van der Waals surface area (Å²) < 4.78 is 91.8. The molecule has 0 unspecified atom stereocenters. The third-order valence-electron chi connectivity index (χ3n) is 5.71. The molecule has 2 heterocycles. The van der Waals surface area contributed by atoms with Gasteiger partial charge >= 0.3 is 6.18 Å². The van der Waals surface area contributed by atoms with Gasteiger partial charge in [-0.2, -0.15) is 17.5 Å². The monoisotopic (exact) mass is 481 g/mol. The summed E-state index contributed by atoms with van der Waals surface area (Å²) in [6.45, 7) is 15.4. The molecule has 0 amide bonds. The van der Waals surface area contributed by atoms with Crippen LogP contribution in [0.1, 0.15) is 12.5 Å². The minimum atomic E-state index is -4.73. The molecule has 33 heavy (non-hydrogen) atoms. The number of alkyl halides is 3. The smallest absolute Gasteiger partial charge is 0.415 e. The van der Waals surface area contributed by atoms with Gasteiger partial charge in [-0.1, -0.05) is 12.1 Å². The molecule has 0 aromatic heterocycles. The molecule has 12 heteroatoms. The number of ether oxygens (including phenoxy) is 2. The molecule has 2 aliphatic heterocycles. The van der Waals surface area contributed by atoms with Crippen molar-refractivity contribution in [3.8, 4) is 5.75 Å². The fraction of sp³-hybridized carbons (Fsp3) is 0.333. The van der Waals surface area contributed by atoms with E-state index in [-0.39, 0.29) is 30.6 Å². The standard InChI is InChI=1S/C21H15F4N3O4S/c1-12-20(32-12)11-28(10-19(20)31-14-5-6-16(26-2)15(22)9-14)33(29,30)18-7-4-13(21(23,24)25)8-17(18)27-3/h4-9,12,19H,10-11H2,1H3/t12-,19-,20+/m0/s1. The van der Waals surface area contributed by atoms with E-state index in [0.29, 0.717) is 12.1 Å². The summed E-state index contributed by atoms with van der Waals surface area (Å²) in [6.07, 6.45) is -5.96. The van der Waals surface area contributed by atoms with Gasteiger partial charge in [-0.05, 0) is 25.1 Å². The third kappa shape index (κ3) is 3.91. The molecule has 1 spiro atoms. The molecule has 172 valence electrons. The number of hydrogen-bond donors (Lipinski definition) is 0. The molecule has 7 nitrogen and oxygen atoms in total. The predicted octanol–water partition coefficient (Wildman–Crippen LogP) is 4.56. The number of nitrogens with zero attached hydrogens (tertiary/aromatic N) is 3. The first-order chi connectivity index (χ1) is 15.4. The van der Waals surface area contributed by atoms with Crippen molar-refractivity contribution in [2.45, 2.75) is 35.8 Å². The zero-order valence-corrected chi connectivity index (χ0v) is 17.7. The normalized spacial score (nSPS) is 24.9. The van der Waals surface area contributed by atoms with Crippen LogP contribution in [0.25, 0.3) is 9.69 Å². The van der Waals surface area contributed by atoms with Gasteiger partial charge in [0.2, 0.25) is 21.4 Å². The van der Waals surface area contributed by atoms with E-state index in [1.165, 1.54) is 12.1 Å². The highest BCUT2D eigenvalue weighted by Crippen LogP contribution is 2.48. The fourth-order valence-corrected chi connectivity index (χ4v) is 5.44. The van der Waals surface area contributed by atoms with Gasteiger partial charge in [0.1, 0.15) is 23.3 Å². The van der Waals surface area contributed by atoms with Gasteiger partial charge in [0.25, 0.3) is 0 Å². The first-order valence-corrected chi connectivity index (χ1v) is 11.0. The van der Waals surface area contributed by atoms with E-state index in [1.807, 2.05) is 0 Å². The van der Waals surface area contributed by atoms with E-state index in [2.05, 4.69) is 9.69 Å². The Labute approximate surface area is 186 Å². The Bertz CT molecular complexity index is 1320. The Kier molecular flexibility index (Phi) is 5.36. The van der Waals surface area contributed by atoms with Gasteiger partial charge in [0.05, 0.1) is 30.7 Å². The van der Waals surface area contributed by atoms with Crippen molar-refractivity contribution < 1.29 is 35.5 Å². The van der Waals surface area contributed by atoms with Gasteiger partial charge in [-0.15, -0.1) is 0 Å². The molecule has 2 aliphatic rings. The first kappa shape index (κ1) is 23.0. The maximum Gasteiger partial charge on any atom is 0.415 e. The summed E-state index contributed by atoms with van der Waals surface area (Å²) in [4.78, 5) is 5.45. The Hall–Kier alpha value is -3.19. The Morgan fingerprint density at radius 3 is 2.36 bits per heavy atom. The molecule has 0 bridgehead atoms. The summed E-state index contributed by atoms with van der Waals surface area (Å²) in [6, 6.07) is 5.49. The van der Waals surface area contributed by atoms with Gasteiger partial charge < -0.3 is 9.47 Å². The van der Waals surface area contributed by atoms with Crippen LogP contribution >= 0.6 is 0 Å². The lowest BCUT2D eigenvalue weighted by Gasteiger charge is -2.19. The van der Waals surface area contributed by atoms with E-state index in [0.717, 1.165) is 16.4 Å². The van der Waals surface area contributed by atoms with Gasteiger partial charge in [-0.25, -0.2) is 22.5 Å². The topological polar surface area (TPSA) is 67.9 Å². The van der Waals surface area contributed by atoms with E-state index in [4.69, 9.17) is 22.6 Å². The molecule has 0 radical (unpaired) electrons. The van der Waals surface area contributed by atoms with E-state index >= 15 is 0 Å². The molecule has 4 rings (SSSR count). The Morgan fingerprint density at radius 1 is 1.15 bits per heavy atom. The molecule has 2 saturated heterocycles. The number of rotatable bonds is 4. The van der Waals surface area contributed by atoms with Crippen molar-refractivity contribution in [1.29, 1.82) is 0 Å². The zero-order chi connectivity index (χ0) is 24.2. The van der Waals surface area contributed by atoms with E-state index in [9.17, 15) is 26.0 Å². The quantitative estimate of drug-likeness (QED) is 0.365. The van der Waals surface area contributed by atoms with Gasteiger partial charge in [0.15, 0.2) is 0 Å². The van der Waals surface area contributed by atoms with Crippen molar-refractivity contribution >= 4 is 21.4 Å². The number of halogens is 4. The Morgan fingerprint density at radius 2 is 1.82 bits per heavy atom. The molecule has 2 fully saturated rings. The number of epoxide rings is 1. The second-order valence-corrected chi connectivity index (χ2v) is 9.54. The molecular formula is C21H15F4N3O4S.